The maximum atomic E-state index is 12.0. The Morgan fingerprint density at radius 2 is 2.17 bits per heavy atom. The molecule has 1 fully saturated rings. The summed E-state index contributed by atoms with van der Waals surface area (Å²) in [4.78, 5) is 16.0. The van der Waals surface area contributed by atoms with Gasteiger partial charge in [-0.05, 0) is 18.6 Å². The lowest BCUT2D eigenvalue weighted by Gasteiger charge is -2.02. The summed E-state index contributed by atoms with van der Waals surface area (Å²) >= 11 is 13.4. The lowest BCUT2D eigenvalue weighted by Crippen LogP contribution is -2.09. The summed E-state index contributed by atoms with van der Waals surface area (Å²) in [6, 6.07) is 4.93. The maximum Gasteiger partial charge on any atom is 0.282 e. The third-order valence-electron chi connectivity index (χ3n) is 2.53. The van der Waals surface area contributed by atoms with Gasteiger partial charge in [0.1, 0.15) is 0 Å². The fourth-order valence-corrected chi connectivity index (χ4v) is 2.98. The molecule has 0 N–H and O–H groups in total. The van der Waals surface area contributed by atoms with Gasteiger partial charge in [0.2, 0.25) is 0 Å². The van der Waals surface area contributed by atoms with Crippen molar-refractivity contribution in [1.82, 2.24) is 5.32 Å². The van der Waals surface area contributed by atoms with Crippen LogP contribution in [-0.2, 0) is 0 Å². The number of carbonyl (C=O) groups is 1. The molecule has 0 saturated carbocycles. The van der Waals surface area contributed by atoms with E-state index in [1.807, 2.05) is 0 Å². The SMILES string of the molecule is CCC1C[N]C(=NC(=O)c2c(Cl)cccc2Cl)S1. The number of rotatable bonds is 2. The smallest absolute Gasteiger partial charge is 0.267 e. The van der Waals surface area contributed by atoms with Gasteiger partial charge in [-0.15, -0.1) is 0 Å². The molecule has 1 radical (unpaired) electrons. The first kappa shape index (κ1) is 13.7. The highest BCUT2D eigenvalue weighted by Crippen LogP contribution is 2.27. The average molecular weight is 302 g/mol. The molecule has 95 valence electrons. The van der Waals surface area contributed by atoms with Crippen LogP contribution >= 0.6 is 35.0 Å². The van der Waals surface area contributed by atoms with Crippen LogP contribution in [-0.4, -0.2) is 22.9 Å². The van der Waals surface area contributed by atoms with Crippen molar-refractivity contribution in [3.05, 3.63) is 33.8 Å². The second-order valence-corrected chi connectivity index (χ2v) is 5.87. The molecule has 6 heteroatoms. The second kappa shape index (κ2) is 5.95. The summed E-state index contributed by atoms with van der Waals surface area (Å²) in [5, 5.41) is 5.77. The Morgan fingerprint density at radius 3 is 2.72 bits per heavy atom. The molecular weight excluding hydrogens is 291 g/mol. The Balaban J connectivity index is 2.20. The molecule has 0 aliphatic carbocycles. The van der Waals surface area contributed by atoms with Gasteiger partial charge in [-0.25, -0.2) is 0 Å². The zero-order valence-corrected chi connectivity index (χ0v) is 12.0. The topological polar surface area (TPSA) is 43.5 Å². The second-order valence-electron chi connectivity index (χ2n) is 3.78. The fourth-order valence-electron chi connectivity index (χ4n) is 1.52. The van der Waals surface area contributed by atoms with E-state index in [-0.39, 0.29) is 5.56 Å². The number of thioether (sulfide) groups is 1. The number of hydrogen-bond acceptors (Lipinski definition) is 2. The van der Waals surface area contributed by atoms with Crippen LogP contribution in [0.1, 0.15) is 23.7 Å². The number of hydrogen-bond donors (Lipinski definition) is 0. The minimum absolute atomic E-state index is 0.240. The first-order chi connectivity index (χ1) is 8.61. The zero-order valence-electron chi connectivity index (χ0n) is 9.69. The Kier molecular flexibility index (Phi) is 4.54. The molecule has 0 aromatic heterocycles. The Morgan fingerprint density at radius 1 is 1.50 bits per heavy atom. The van der Waals surface area contributed by atoms with Crippen molar-refractivity contribution in [2.24, 2.45) is 4.99 Å². The molecule has 1 aromatic carbocycles. The number of amides is 1. The first-order valence-electron chi connectivity index (χ1n) is 5.53. The van der Waals surface area contributed by atoms with Crippen molar-refractivity contribution in [2.75, 3.05) is 6.54 Å². The standard InChI is InChI=1S/C12H11Cl2N2OS/c1-2-7-6-15-12(18-7)16-11(17)10-8(13)4-3-5-9(10)14/h3-5,7H,2,6H2,1H3. The summed E-state index contributed by atoms with van der Waals surface area (Å²) in [5.74, 6) is -0.436. The van der Waals surface area contributed by atoms with E-state index in [0.717, 1.165) is 6.42 Å². The van der Waals surface area contributed by atoms with Gasteiger partial charge in [-0.1, -0.05) is 48.0 Å². The molecule has 1 aliphatic rings. The van der Waals surface area contributed by atoms with Gasteiger partial charge in [0.15, 0.2) is 5.17 Å². The molecule has 1 amide bonds. The highest BCUT2D eigenvalue weighted by molar-refractivity contribution is 8.14. The summed E-state index contributed by atoms with van der Waals surface area (Å²) in [5.41, 5.74) is 0.240. The van der Waals surface area contributed by atoms with Crippen molar-refractivity contribution < 1.29 is 4.79 Å². The van der Waals surface area contributed by atoms with Crippen LogP contribution in [0.2, 0.25) is 10.0 Å². The highest BCUT2D eigenvalue weighted by Gasteiger charge is 2.23. The predicted molar refractivity (Wildman–Crippen MR) is 76.9 cm³/mol. The lowest BCUT2D eigenvalue weighted by atomic mass is 10.2. The summed E-state index contributed by atoms with van der Waals surface area (Å²) < 4.78 is 0. The molecule has 1 atom stereocenters. The van der Waals surface area contributed by atoms with E-state index >= 15 is 0 Å². The Bertz CT molecular complexity index is 485. The molecule has 1 aromatic rings. The van der Waals surface area contributed by atoms with Crippen molar-refractivity contribution in [2.45, 2.75) is 18.6 Å². The number of carbonyl (C=O) groups excluding carboxylic acids is 1. The van der Waals surface area contributed by atoms with Crippen molar-refractivity contribution >= 4 is 46.0 Å². The van der Waals surface area contributed by atoms with E-state index in [9.17, 15) is 4.79 Å². The van der Waals surface area contributed by atoms with Crippen LogP contribution in [0.5, 0.6) is 0 Å². The quantitative estimate of drug-likeness (QED) is 0.837. The van der Waals surface area contributed by atoms with Gasteiger partial charge in [-0.3, -0.25) is 10.1 Å². The van der Waals surface area contributed by atoms with Crippen molar-refractivity contribution in [3.63, 3.8) is 0 Å². The van der Waals surface area contributed by atoms with Crippen LogP contribution in [0.15, 0.2) is 23.2 Å². The van der Waals surface area contributed by atoms with Crippen LogP contribution in [0.3, 0.4) is 0 Å². The van der Waals surface area contributed by atoms with Gasteiger partial charge in [0.05, 0.1) is 22.2 Å². The number of halogens is 2. The van der Waals surface area contributed by atoms with E-state index < -0.39 is 5.91 Å². The molecule has 18 heavy (non-hydrogen) atoms. The number of benzene rings is 1. The number of aliphatic imine (C=N–C) groups is 1. The molecule has 1 unspecified atom stereocenters. The third-order valence-corrected chi connectivity index (χ3v) is 4.41. The van der Waals surface area contributed by atoms with Crippen LogP contribution in [0, 0.1) is 0 Å². The van der Waals surface area contributed by atoms with Gasteiger partial charge < -0.3 is 0 Å². The minimum Gasteiger partial charge on any atom is -0.267 e. The van der Waals surface area contributed by atoms with E-state index in [4.69, 9.17) is 23.2 Å². The van der Waals surface area contributed by atoms with Gasteiger partial charge in [0.25, 0.3) is 5.91 Å². The van der Waals surface area contributed by atoms with E-state index in [0.29, 0.717) is 27.0 Å². The monoisotopic (exact) mass is 301 g/mol. The van der Waals surface area contributed by atoms with Gasteiger partial charge >= 0.3 is 0 Å². The summed E-state index contributed by atoms with van der Waals surface area (Å²) in [6.45, 7) is 2.80. The highest BCUT2D eigenvalue weighted by atomic mass is 35.5. The van der Waals surface area contributed by atoms with Crippen LogP contribution in [0.25, 0.3) is 0 Å². The summed E-state index contributed by atoms with van der Waals surface area (Å²) in [7, 11) is 0. The molecule has 0 spiro atoms. The normalized spacial score (nSPS) is 21.1. The van der Waals surface area contributed by atoms with Gasteiger partial charge in [0, 0.05) is 5.25 Å². The Labute approximate surface area is 120 Å². The first-order valence-corrected chi connectivity index (χ1v) is 7.16. The summed E-state index contributed by atoms with van der Waals surface area (Å²) in [6.07, 6.45) is 1.01. The lowest BCUT2D eigenvalue weighted by molar-refractivity contribution is 0.100. The third kappa shape index (κ3) is 2.99. The predicted octanol–water partition coefficient (Wildman–Crippen LogP) is 3.62. The molecular formula is C12H11Cl2N2OS. The molecule has 1 aliphatic heterocycles. The van der Waals surface area contributed by atoms with Crippen molar-refractivity contribution in [3.8, 4) is 0 Å². The molecule has 1 saturated heterocycles. The van der Waals surface area contributed by atoms with Gasteiger partial charge in [-0.2, -0.15) is 4.99 Å². The number of amidine groups is 1. The van der Waals surface area contributed by atoms with E-state index in [2.05, 4.69) is 17.2 Å². The average Bonchev–Trinajstić information content (AvgIpc) is 2.76. The van der Waals surface area contributed by atoms with E-state index in [1.54, 1.807) is 18.2 Å². The molecule has 3 nitrogen and oxygen atoms in total. The fraction of sp³-hybridized carbons (Fsp3) is 0.333. The number of nitrogens with zero attached hydrogens (tertiary/aromatic N) is 2. The van der Waals surface area contributed by atoms with Crippen LogP contribution < -0.4 is 5.32 Å². The van der Waals surface area contributed by atoms with E-state index in [1.165, 1.54) is 11.8 Å². The molecule has 0 bridgehead atoms. The largest absolute Gasteiger partial charge is 0.282 e. The zero-order chi connectivity index (χ0) is 13.1. The van der Waals surface area contributed by atoms with Crippen LogP contribution in [0.4, 0.5) is 0 Å². The Hall–Kier alpha value is -0.710. The maximum absolute atomic E-state index is 12.0. The van der Waals surface area contributed by atoms with Crippen molar-refractivity contribution in [1.29, 1.82) is 0 Å². The molecule has 1 heterocycles. The molecule has 2 rings (SSSR count). The minimum atomic E-state index is -0.436.